The Morgan fingerprint density at radius 2 is 2.08 bits per heavy atom. The number of nitrogens with one attached hydrogen (secondary N) is 1. The Labute approximate surface area is 144 Å². The van der Waals surface area contributed by atoms with Gasteiger partial charge in [0.05, 0.1) is 24.1 Å². The first kappa shape index (κ1) is 16.4. The lowest BCUT2D eigenvalue weighted by atomic mass is 10.0. The molecule has 0 atom stereocenters. The lowest BCUT2D eigenvalue weighted by Gasteiger charge is -2.10. The largest absolute Gasteiger partial charge is 0.464 e. The zero-order valence-electron chi connectivity index (χ0n) is 13.7. The first-order chi connectivity index (χ1) is 12.1. The van der Waals surface area contributed by atoms with Crippen LogP contribution in [0.5, 0.6) is 0 Å². The molecule has 0 saturated heterocycles. The second kappa shape index (κ2) is 7.00. The van der Waals surface area contributed by atoms with Gasteiger partial charge in [0.25, 0.3) is 0 Å². The van der Waals surface area contributed by atoms with Crippen molar-refractivity contribution in [2.45, 2.75) is 6.92 Å². The van der Waals surface area contributed by atoms with E-state index in [9.17, 15) is 4.79 Å². The van der Waals surface area contributed by atoms with Gasteiger partial charge in [-0.15, -0.1) is 0 Å². The van der Waals surface area contributed by atoms with E-state index in [2.05, 4.69) is 4.98 Å². The molecule has 1 aromatic carbocycles. The number of nitrogen functional groups attached to an aromatic ring is 1. The summed E-state index contributed by atoms with van der Waals surface area (Å²) in [6.45, 7) is 2.09. The first-order valence-electron chi connectivity index (χ1n) is 7.76. The summed E-state index contributed by atoms with van der Waals surface area (Å²) >= 11 is 0. The van der Waals surface area contributed by atoms with Gasteiger partial charge < -0.3 is 20.3 Å². The number of rotatable bonds is 5. The molecular weight excluding hydrogens is 318 g/mol. The molecule has 3 aromatic rings. The maximum Gasteiger partial charge on any atom is 0.338 e. The molecule has 3 rings (SSSR count). The third-order valence-electron chi connectivity index (χ3n) is 3.71. The molecule has 0 bridgehead atoms. The van der Waals surface area contributed by atoms with Crippen LogP contribution in [-0.4, -0.2) is 23.8 Å². The molecule has 0 spiro atoms. The van der Waals surface area contributed by atoms with Crippen LogP contribution in [0, 0.1) is 5.41 Å². The van der Waals surface area contributed by atoms with E-state index in [0.717, 1.165) is 11.8 Å². The highest BCUT2D eigenvalue weighted by atomic mass is 16.5. The quantitative estimate of drug-likeness (QED) is 0.546. The Bertz CT molecular complexity index is 900. The Morgan fingerprint density at radius 3 is 2.68 bits per heavy atom. The fourth-order valence-electron chi connectivity index (χ4n) is 2.50. The standard InChI is InChI=1S/C19H17N3O3/c1-2-24-19(23)13-7-5-12(6-8-13)16-10-14(17-4-3-9-25-17)15(11-20)18(21)22-16/h3-11,20H,2H2,1H3,(H2,21,22). The molecule has 6 nitrogen and oxygen atoms in total. The summed E-state index contributed by atoms with van der Waals surface area (Å²) < 4.78 is 10.4. The predicted molar refractivity (Wildman–Crippen MR) is 95.6 cm³/mol. The van der Waals surface area contributed by atoms with Gasteiger partial charge in [-0.1, -0.05) is 12.1 Å². The number of anilines is 1. The van der Waals surface area contributed by atoms with Crippen molar-refractivity contribution in [2.24, 2.45) is 0 Å². The summed E-state index contributed by atoms with van der Waals surface area (Å²) in [5, 5.41) is 7.58. The van der Waals surface area contributed by atoms with Crippen LogP contribution in [0.1, 0.15) is 22.8 Å². The SMILES string of the molecule is CCOC(=O)c1ccc(-c2cc(-c3ccco3)c(C=N)c(N)n2)cc1. The number of aromatic nitrogens is 1. The van der Waals surface area contributed by atoms with E-state index in [0.29, 0.717) is 34.8 Å². The highest BCUT2D eigenvalue weighted by Gasteiger charge is 2.14. The van der Waals surface area contributed by atoms with E-state index < -0.39 is 0 Å². The van der Waals surface area contributed by atoms with Gasteiger partial charge in [-0.05, 0) is 37.3 Å². The number of carbonyl (C=O) groups excluding carboxylic acids is 1. The molecule has 126 valence electrons. The second-order valence-corrected chi connectivity index (χ2v) is 5.27. The van der Waals surface area contributed by atoms with Crippen LogP contribution < -0.4 is 5.73 Å². The fraction of sp³-hybridized carbons (Fsp3) is 0.105. The van der Waals surface area contributed by atoms with Gasteiger partial charge in [0.2, 0.25) is 0 Å². The van der Waals surface area contributed by atoms with Crippen LogP contribution in [0.25, 0.3) is 22.6 Å². The van der Waals surface area contributed by atoms with Gasteiger partial charge in [0.1, 0.15) is 11.6 Å². The van der Waals surface area contributed by atoms with Gasteiger partial charge in [0, 0.05) is 22.9 Å². The van der Waals surface area contributed by atoms with E-state index in [1.807, 2.05) is 6.07 Å². The molecule has 2 aromatic heterocycles. The summed E-state index contributed by atoms with van der Waals surface area (Å²) in [5.41, 5.74) is 9.11. The molecular formula is C19H17N3O3. The average Bonchev–Trinajstić information content (AvgIpc) is 3.16. The highest BCUT2D eigenvalue weighted by Crippen LogP contribution is 2.31. The van der Waals surface area contributed by atoms with Gasteiger partial charge in [-0.3, -0.25) is 0 Å². The maximum atomic E-state index is 11.7. The Hall–Kier alpha value is -3.41. The van der Waals surface area contributed by atoms with Gasteiger partial charge in [-0.25, -0.2) is 9.78 Å². The monoisotopic (exact) mass is 335 g/mol. The zero-order valence-corrected chi connectivity index (χ0v) is 13.7. The molecule has 0 radical (unpaired) electrons. The Balaban J connectivity index is 2.03. The fourth-order valence-corrected chi connectivity index (χ4v) is 2.50. The molecule has 0 fully saturated rings. The Kier molecular flexibility index (Phi) is 4.61. The molecule has 0 aliphatic heterocycles. The van der Waals surface area contributed by atoms with Crippen LogP contribution in [0.15, 0.2) is 53.1 Å². The van der Waals surface area contributed by atoms with Crippen molar-refractivity contribution in [2.75, 3.05) is 12.3 Å². The number of ether oxygens (including phenoxy) is 1. The highest BCUT2D eigenvalue weighted by molar-refractivity contribution is 5.94. The molecule has 0 unspecified atom stereocenters. The molecule has 0 amide bonds. The number of hydrogen-bond donors (Lipinski definition) is 2. The van der Waals surface area contributed by atoms with Crippen molar-refractivity contribution in [3.63, 3.8) is 0 Å². The third kappa shape index (κ3) is 3.28. The van der Waals surface area contributed by atoms with Crippen molar-refractivity contribution in [3.8, 4) is 22.6 Å². The summed E-state index contributed by atoms with van der Waals surface area (Å²) in [6, 6.07) is 12.3. The lowest BCUT2D eigenvalue weighted by Crippen LogP contribution is -2.04. The van der Waals surface area contributed by atoms with Crippen molar-refractivity contribution in [1.29, 1.82) is 5.41 Å². The minimum atomic E-state index is -0.364. The molecule has 25 heavy (non-hydrogen) atoms. The van der Waals surface area contributed by atoms with E-state index in [4.69, 9.17) is 20.3 Å². The van der Waals surface area contributed by atoms with E-state index in [-0.39, 0.29) is 11.8 Å². The van der Waals surface area contributed by atoms with E-state index in [1.165, 1.54) is 0 Å². The number of hydrogen-bond acceptors (Lipinski definition) is 6. The van der Waals surface area contributed by atoms with E-state index >= 15 is 0 Å². The average molecular weight is 335 g/mol. The van der Waals surface area contributed by atoms with Crippen molar-refractivity contribution >= 4 is 18.0 Å². The number of nitrogens with zero attached hydrogens (tertiary/aromatic N) is 1. The summed E-state index contributed by atoms with van der Waals surface area (Å²) in [4.78, 5) is 16.1. The molecule has 3 N–H and O–H groups in total. The molecule has 6 heteroatoms. The summed E-state index contributed by atoms with van der Waals surface area (Å²) in [5.74, 6) is 0.488. The van der Waals surface area contributed by atoms with Gasteiger partial charge >= 0.3 is 5.97 Å². The number of furan rings is 1. The molecule has 2 heterocycles. The van der Waals surface area contributed by atoms with Gasteiger partial charge in [0.15, 0.2) is 0 Å². The number of benzene rings is 1. The number of pyridine rings is 1. The van der Waals surface area contributed by atoms with Crippen LogP contribution >= 0.6 is 0 Å². The number of carbonyl (C=O) groups is 1. The Morgan fingerprint density at radius 1 is 1.32 bits per heavy atom. The topological polar surface area (TPSA) is 102 Å². The van der Waals surface area contributed by atoms with Crippen LogP contribution in [0.2, 0.25) is 0 Å². The molecule has 0 aliphatic carbocycles. The van der Waals surface area contributed by atoms with Crippen molar-refractivity contribution in [3.05, 3.63) is 59.9 Å². The van der Waals surface area contributed by atoms with Crippen molar-refractivity contribution < 1.29 is 13.9 Å². The number of nitrogens with two attached hydrogens (primary N) is 1. The zero-order chi connectivity index (χ0) is 17.8. The van der Waals surface area contributed by atoms with E-state index in [1.54, 1.807) is 49.6 Å². The molecule has 0 aliphatic rings. The lowest BCUT2D eigenvalue weighted by molar-refractivity contribution is 0.0526. The van der Waals surface area contributed by atoms with Crippen LogP contribution in [0.4, 0.5) is 5.82 Å². The van der Waals surface area contributed by atoms with Crippen LogP contribution in [0.3, 0.4) is 0 Å². The third-order valence-corrected chi connectivity index (χ3v) is 3.71. The second-order valence-electron chi connectivity index (χ2n) is 5.27. The summed E-state index contributed by atoms with van der Waals surface area (Å²) in [6.07, 6.45) is 2.72. The van der Waals surface area contributed by atoms with Crippen molar-refractivity contribution in [1.82, 2.24) is 4.98 Å². The maximum absolute atomic E-state index is 11.7. The minimum Gasteiger partial charge on any atom is -0.464 e. The minimum absolute atomic E-state index is 0.244. The number of esters is 1. The summed E-state index contributed by atoms with van der Waals surface area (Å²) in [7, 11) is 0. The van der Waals surface area contributed by atoms with Crippen LogP contribution in [-0.2, 0) is 4.74 Å². The first-order valence-corrected chi connectivity index (χ1v) is 7.76. The normalized spacial score (nSPS) is 10.4. The molecule has 0 saturated carbocycles. The smallest absolute Gasteiger partial charge is 0.338 e. The predicted octanol–water partition coefficient (Wildman–Crippen LogP) is 3.77. The van der Waals surface area contributed by atoms with Gasteiger partial charge in [-0.2, -0.15) is 0 Å².